The van der Waals surface area contributed by atoms with Crippen molar-refractivity contribution in [3.8, 4) is 0 Å². The van der Waals surface area contributed by atoms with Crippen LogP contribution in [0, 0.1) is 0 Å². The van der Waals surface area contributed by atoms with Crippen LogP contribution in [0.3, 0.4) is 0 Å². The summed E-state index contributed by atoms with van der Waals surface area (Å²) >= 11 is 7.67. The largest absolute Gasteiger partial charge is 0.399 e. The van der Waals surface area contributed by atoms with Crippen molar-refractivity contribution in [3.05, 3.63) is 59.1 Å². The van der Waals surface area contributed by atoms with Crippen LogP contribution < -0.4 is 5.73 Å². The molecule has 0 saturated heterocycles. The van der Waals surface area contributed by atoms with Crippen LogP contribution in [0.25, 0.3) is 0 Å². The minimum atomic E-state index is 0.400. The number of anilines is 1. The zero-order valence-electron chi connectivity index (χ0n) is 9.56. The molecule has 2 rings (SSSR count). The molecule has 0 radical (unpaired) electrons. The maximum Gasteiger partial charge on any atom is 0.0406 e. The monoisotopic (exact) mass is 263 g/mol. The fraction of sp³-hybridized carbons (Fsp3) is 0.143. The van der Waals surface area contributed by atoms with Gasteiger partial charge in [-0.1, -0.05) is 23.7 Å². The van der Waals surface area contributed by atoms with E-state index in [2.05, 4.69) is 19.1 Å². The number of nitrogens with two attached hydrogens (primary N) is 1. The van der Waals surface area contributed by atoms with Gasteiger partial charge in [0, 0.05) is 20.9 Å². The van der Waals surface area contributed by atoms with Crippen molar-refractivity contribution in [3.63, 3.8) is 0 Å². The SMILES string of the molecule is CC(Sc1ccc(Cl)cc1)c1ccc(N)cc1. The molecule has 88 valence electrons. The van der Waals surface area contributed by atoms with E-state index in [0.717, 1.165) is 10.7 Å². The Morgan fingerprint density at radius 3 is 2.18 bits per heavy atom. The maximum absolute atomic E-state index is 5.86. The molecule has 0 aliphatic carbocycles. The first-order valence-electron chi connectivity index (χ1n) is 5.43. The second-order valence-electron chi connectivity index (χ2n) is 3.88. The van der Waals surface area contributed by atoms with Gasteiger partial charge in [-0.15, -0.1) is 11.8 Å². The van der Waals surface area contributed by atoms with E-state index in [1.807, 2.05) is 48.2 Å². The third-order valence-electron chi connectivity index (χ3n) is 2.53. The molecule has 1 nitrogen and oxygen atoms in total. The highest BCUT2D eigenvalue weighted by Crippen LogP contribution is 2.35. The van der Waals surface area contributed by atoms with Crippen molar-refractivity contribution in [2.45, 2.75) is 17.1 Å². The molecule has 2 aromatic rings. The lowest BCUT2D eigenvalue weighted by atomic mass is 10.1. The standard InChI is InChI=1S/C14H14ClNS/c1-10(11-2-6-13(16)7-3-11)17-14-8-4-12(15)5-9-14/h2-10H,16H2,1H3. The molecule has 0 aliphatic heterocycles. The lowest BCUT2D eigenvalue weighted by Gasteiger charge is -2.11. The lowest BCUT2D eigenvalue weighted by Crippen LogP contribution is -1.90. The lowest BCUT2D eigenvalue weighted by molar-refractivity contribution is 1.10. The highest BCUT2D eigenvalue weighted by atomic mass is 35.5. The molecule has 0 fully saturated rings. The van der Waals surface area contributed by atoms with Gasteiger partial charge in [-0.3, -0.25) is 0 Å². The van der Waals surface area contributed by atoms with E-state index in [9.17, 15) is 0 Å². The van der Waals surface area contributed by atoms with Crippen molar-refractivity contribution in [2.75, 3.05) is 5.73 Å². The second kappa shape index (κ2) is 5.48. The number of nitrogen functional groups attached to an aromatic ring is 1. The topological polar surface area (TPSA) is 26.0 Å². The maximum atomic E-state index is 5.86. The summed E-state index contributed by atoms with van der Waals surface area (Å²) in [7, 11) is 0. The first-order valence-corrected chi connectivity index (χ1v) is 6.68. The first kappa shape index (κ1) is 12.3. The van der Waals surface area contributed by atoms with Crippen molar-refractivity contribution < 1.29 is 0 Å². The Bertz CT molecular complexity index is 479. The van der Waals surface area contributed by atoms with E-state index < -0.39 is 0 Å². The van der Waals surface area contributed by atoms with E-state index in [4.69, 9.17) is 17.3 Å². The molecule has 0 spiro atoms. The Kier molecular flexibility index (Phi) is 3.97. The Morgan fingerprint density at radius 2 is 1.59 bits per heavy atom. The zero-order valence-corrected chi connectivity index (χ0v) is 11.1. The first-order chi connectivity index (χ1) is 8.15. The van der Waals surface area contributed by atoms with Crippen molar-refractivity contribution in [2.24, 2.45) is 0 Å². The molecule has 0 aromatic heterocycles. The average Bonchev–Trinajstić information content (AvgIpc) is 2.33. The van der Waals surface area contributed by atoms with Crippen molar-refractivity contribution >= 4 is 29.1 Å². The smallest absolute Gasteiger partial charge is 0.0406 e. The molecule has 2 aromatic carbocycles. The van der Waals surface area contributed by atoms with Gasteiger partial charge in [0.05, 0.1) is 0 Å². The third-order valence-corrected chi connectivity index (χ3v) is 3.95. The van der Waals surface area contributed by atoms with Crippen LogP contribution in [0.4, 0.5) is 5.69 Å². The van der Waals surface area contributed by atoms with Gasteiger partial charge in [0.2, 0.25) is 0 Å². The molecule has 0 heterocycles. The normalized spacial score (nSPS) is 12.4. The summed E-state index contributed by atoms with van der Waals surface area (Å²) in [6.45, 7) is 2.19. The molecule has 1 atom stereocenters. The molecule has 1 unspecified atom stereocenters. The summed E-state index contributed by atoms with van der Waals surface area (Å²) in [6, 6.07) is 15.9. The Balaban J connectivity index is 2.08. The average molecular weight is 264 g/mol. The number of hydrogen-bond acceptors (Lipinski definition) is 2. The quantitative estimate of drug-likeness (QED) is 0.637. The van der Waals surface area contributed by atoms with E-state index in [-0.39, 0.29) is 0 Å². The summed E-state index contributed by atoms with van der Waals surface area (Å²) in [5.41, 5.74) is 7.75. The van der Waals surface area contributed by atoms with Crippen LogP contribution in [-0.4, -0.2) is 0 Å². The molecule has 0 amide bonds. The molecule has 3 heteroatoms. The van der Waals surface area contributed by atoms with E-state index in [1.54, 1.807) is 0 Å². The highest BCUT2D eigenvalue weighted by Gasteiger charge is 2.06. The van der Waals surface area contributed by atoms with Crippen molar-refractivity contribution in [1.29, 1.82) is 0 Å². The minimum absolute atomic E-state index is 0.400. The predicted molar refractivity (Wildman–Crippen MR) is 76.6 cm³/mol. The van der Waals surface area contributed by atoms with Crippen LogP contribution in [0.5, 0.6) is 0 Å². The Labute approximate surface area is 111 Å². The van der Waals surface area contributed by atoms with Crippen LogP contribution >= 0.6 is 23.4 Å². The van der Waals surface area contributed by atoms with E-state index in [1.165, 1.54) is 10.5 Å². The Hall–Kier alpha value is -1.12. The number of thioether (sulfide) groups is 1. The number of halogens is 1. The van der Waals surface area contributed by atoms with Crippen LogP contribution in [0.1, 0.15) is 17.7 Å². The molecule has 0 bridgehead atoms. The predicted octanol–water partition coefficient (Wildman–Crippen LogP) is 4.78. The fourth-order valence-corrected chi connectivity index (χ4v) is 2.67. The minimum Gasteiger partial charge on any atom is -0.399 e. The molecule has 17 heavy (non-hydrogen) atoms. The fourth-order valence-electron chi connectivity index (χ4n) is 1.55. The summed E-state index contributed by atoms with van der Waals surface area (Å²) in [4.78, 5) is 1.22. The summed E-state index contributed by atoms with van der Waals surface area (Å²) < 4.78 is 0. The van der Waals surface area contributed by atoms with Gasteiger partial charge in [0.1, 0.15) is 0 Å². The van der Waals surface area contributed by atoms with Gasteiger partial charge >= 0.3 is 0 Å². The molecular formula is C14H14ClNS. The van der Waals surface area contributed by atoms with Crippen LogP contribution in [0.15, 0.2) is 53.4 Å². The van der Waals surface area contributed by atoms with Gasteiger partial charge in [0.15, 0.2) is 0 Å². The molecule has 0 saturated carbocycles. The van der Waals surface area contributed by atoms with Crippen LogP contribution in [0.2, 0.25) is 5.02 Å². The summed E-state index contributed by atoms with van der Waals surface area (Å²) in [5, 5.41) is 1.17. The van der Waals surface area contributed by atoms with Gasteiger partial charge in [-0.2, -0.15) is 0 Å². The van der Waals surface area contributed by atoms with Crippen LogP contribution in [-0.2, 0) is 0 Å². The van der Waals surface area contributed by atoms with Crippen molar-refractivity contribution in [1.82, 2.24) is 0 Å². The highest BCUT2D eigenvalue weighted by molar-refractivity contribution is 7.99. The molecule has 0 aliphatic rings. The van der Waals surface area contributed by atoms with Gasteiger partial charge < -0.3 is 5.73 Å². The number of hydrogen-bond donors (Lipinski definition) is 1. The van der Waals surface area contributed by atoms with E-state index in [0.29, 0.717) is 5.25 Å². The van der Waals surface area contributed by atoms with Gasteiger partial charge in [-0.25, -0.2) is 0 Å². The molecular weight excluding hydrogens is 250 g/mol. The summed E-state index contributed by atoms with van der Waals surface area (Å²) in [5.74, 6) is 0. The number of benzene rings is 2. The zero-order chi connectivity index (χ0) is 12.3. The number of rotatable bonds is 3. The second-order valence-corrected chi connectivity index (χ2v) is 5.73. The van der Waals surface area contributed by atoms with Gasteiger partial charge in [-0.05, 0) is 48.9 Å². The van der Waals surface area contributed by atoms with E-state index >= 15 is 0 Å². The third kappa shape index (κ3) is 3.42. The Morgan fingerprint density at radius 1 is 1.00 bits per heavy atom. The molecule has 2 N–H and O–H groups in total. The van der Waals surface area contributed by atoms with Gasteiger partial charge in [0.25, 0.3) is 0 Å². The summed E-state index contributed by atoms with van der Waals surface area (Å²) in [6.07, 6.45) is 0.